The molecule has 1 amide bonds. The number of hydrogen-bond donors (Lipinski definition) is 3. The fraction of sp³-hybridized carbons (Fsp3) is 0.368. The Hall–Kier alpha value is -3.16. The van der Waals surface area contributed by atoms with Crippen molar-refractivity contribution in [1.82, 2.24) is 14.9 Å². The Labute approximate surface area is 156 Å². The molecule has 27 heavy (non-hydrogen) atoms. The van der Waals surface area contributed by atoms with Crippen LogP contribution in [0, 0.1) is 0 Å². The summed E-state index contributed by atoms with van der Waals surface area (Å²) in [6.45, 7) is 2.40. The number of nitrogens with zero attached hydrogens (tertiary/aromatic N) is 1. The van der Waals surface area contributed by atoms with Crippen LogP contribution in [0.3, 0.4) is 0 Å². The maximum Gasteiger partial charge on any atom is 0.336 e. The minimum absolute atomic E-state index is 0.0278. The number of Topliss-reactive ketones (excluding diaryl/α,β-unsaturated/α-hetero) is 1. The summed E-state index contributed by atoms with van der Waals surface area (Å²) in [5.41, 5.74) is -1.04. The van der Waals surface area contributed by atoms with Crippen molar-refractivity contribution >= 4 is 17.5 Å². The molecule has 8 nitrogen and oxygen atoms in total. The third-order valence-corrected chi connectivity index (χ3v) is 4.00. The highest BCUT2D eigenvalue weighted by Gasteiger charge is 2.12. The van der Waals surface area contributed by atoms with Gasteiger partial charge in [0.05, 0.1) is 6.54 Å². The van der Waals surface area contributed by atoms with Gasteiger partial charge in [-0.25, -0.2) is 14.2 Å². The van der Waals surface area contributed by atoms with Gasteiger partial charge >= 0.3 is 11.7 Å². The van der Waals surface area contributed by atoms with E-state index in [9.17, 15) is 19.2 Å². The lowest BCUT2D eigenvalue weighted by molar-refractivity contribution is 0.101. The summed E-state index contributed by atoms with van der Waals surface area (Å²) in [4.78, 5) is 50.2. The van der Waals surface area contributed by atoms with Gasteiger partial charge in [0.25, 0.3) is 5.56 Å². The van der Waals surface area contributed by atoms with Crippen molar-refractivity contribution in [3.8, 4) is 0 Å². The van der Waals surface area contributed by atoms with Gasteiger partial charge in [-0.1, -0.05) is 56.5 Å². The molecule has 0 aliphatic rings. The number of aromatic amines is 1. The molecule has 0 aliphatic carbocycles. The molecule has 0 unspecified atom stereocenters. The third kappa shape index (κ3) is 5.95. The highest BCUT2D eigenvalue weighted by Crippen LogP contribution is 2.02. The highest BCUT2D eigenvalue weighted by atomic mass is 16.2. The zero-order valence-corrected chi connectivity index (χ0v) is 15.3. The second kappa shape index (κ2) is 10.1. The minimum Gasteiger partial charge on any atom is -0.372 e. The molecule has 0 bridgehead atoms. The molecule has 2 rings (SSSR count). The first-order chi connectivity index (χ1) is 13.0. The van der Waals surface area contributed by atoms with Crippen LogP contribution in [0.15, 0.2) is 46.1 Å². The lowest BCUT2D eigenvalue weighted by atomic mass is 10.1. The third-order valence-electron chi connectivity index (χ3n) is 4.00. The number of aromatic nitrogens is 2. The smallest absolute Gasteiger partial charge is 0.336 e. The van der Waals surface area contributed by atoms with Gasteiger partial charge in [0.2, 0.25) is 0 Å². The molecule has 1 aromatic heterocycles. The summed E-state index contributed by atoms with van der Waals surface area (Å²) in [5, 5.41) is 5.33. The zero-order chi connectivity index (χ0) is 19.6. The van der Waals surface area contributed by atoms with Gasteiger partial charge in [-0.15, -0.1) is 0 Å². The summed E-state index contributed by atoms with van der Waals surface area (Å²) >= 11 is 0. The molecule has 1 heterocycles. The van der Waals surface area contributed by atoms with E-state index in [0.717, 1.165) is 36.4 Å². The predicted octanol–water partition coefficient (Wildman–Crippen LogP) is 1.97. The van der Waals surface area contributed by atoms with E-state index in [-0.39, 0.29) is 18.0 Å². The molecule has 0 saturated heterocycles. The molecular weight excluding hydrogens is 348 g/mol. The van der Waals surface area contributed by atoms with Crippen molar-refractivity contribution in [2.45, 2.75) is 32.6 Å². The number of carbonyl (C=O) groups is 2. The van der Waals surface area contributed by atoms with Crippen molar-refractivity contribution in [1.29, 1.82) is 0 Å². The van der Waals surface area contributed by atoms with E-state index >= 15 is 0 Å². The number of rotatable bonds is 9. The van der Waals surface area contributed by atoms with Crippen molar-refractivity contribution in [2.24, 2.45) is 0 Å². The first-order valence-corrected chi connectivity index (χ1v) is 8.99. The Kier molecular flexibility index (Phi) is 7.54. The Morgan fingerprint density at radius 3 is 2.52 bits per heavy atom. The molecule has 2 aromatic rings. The maximum atomic E-state index is 12.2. The van der Waals surface area contributed by atoms with Crippen LogP contribution in [-0.2, 0) is 0 Å². The second-order valence-corrected chi connectivity index (χ2v) is 6.11. The largest absolute Gasteiger partial charge is 0.372 e. The van der Waals surface area contributed by atoms with Crippen LogP contribution in [0.1, 0.15) is 43.0 Å². The summed E-state index contributed by atoms with van der Waals surface area (Å²) in [7, 11) is 0. The summed E-state index contributed by atoms with van der Waals surface area (Å²) in [6.07, 6.45) is 5.09. The van der Waals surface area contributed by atoms with E-state index < -0.39 is 17.3 Å². The first kappa shape index (κ1) is 20.2. The molecule has 0 fully saturated rings. The number of benzene rings is 1. The summed E-state index contributed by atoms with van der Waals surface area (Å²) in [6, 6.07) is 7.99. The van der Waals surface area contributed by atoms with Gasteiger partial charge in [0, 0.05) is 18.3 Å². The molecule has 8 heteroatoms. The van der Waals surface area contributed by atoms with Crippen LogP contribution in [-0.4, -0.2) is 34.5 Å². The topological polar surface area (TPSA) is 113 Å². The lowest BCUT2D eigenvalue weighted by Gasteiger charge is -2.09. The molecule has 0 radical (unpaired) electrons. The quantitative estimate of drug-likeness (QED) is 0.460. The molecule has 0 aliphatic heterocycles. The monoisotopic (exact) mass is 372 g/mol. The van der Waals surface area contributed by atoms with Crippen LogP contribution in [0.2, 0.25) is 0 Å². The number of amides is 1. The Bertz CT molecular complexity index is 887. The number of ketones is 1. The zero-order valence-electron chi connectivity index (χ0n) is 15.3. The van der Waals surface area contributed by atoms with E-state index in [0.29, 0.717) is 12.1 Å². The van der Waals surface area contributed by atoms with E-state index in [1.165, 1.54) is 0 Å². The van der Waals surface area contributed by atoms with Gasteiger partial charge in [0.15, 0.2) is 5.78 Å². The molecule has 0 spiro atoms. The fourth-order valence-corrected chi connectivity index (χ4v) is 2.48. The van der Waals surface area contributed by atoms with E-state index in [1.54, 1.807) is 30.3 Å². The van der Waals surface area contributed by atoms with Crippen molar-refractivity contribution in [3.63, 3.8) is 0 Å². The summed E-state index contributed by atoms with van der Waals surface area (Å²) in [5.74, 6) is -0.215. The number of unbranched alkanes of at least 4 members (excludes halogenated alkanes) is 3. The number of carbonyl (C=O) groups excluding carboxylic acids is 2. The van der Waals surface area contributed by atoms with Crippen LogP contribution in [0.4, 0.5) is 10.5 Å². The van der Waals surface area contributed by atoms with Gasteiger partial charge in [-0.05, 0) is 6.42 Å². The molecule has 144 valence electrons. The average molecular weight is 372 g/mol. The summed E-state index contributed by atoms with van der Waals surface area (Å²) < 4.78 is 0.788. The Morgan fingerprint density at radius 2 is 1.81 bits per heavy atom. The van der Waals surface area contributed by atoms with Crippen LogP contribution in [0.5, 0.6) is 0 Å². The first-order valence-electron chi connectivity index (χ1n) is 8.99. The van der Waals surface area contributed by atoms with Crippen molar-refractivity contribution in [3.05, 3.63) is 62.9 Å². The van der Waals surface area contributed by atoms with Crippen molar-refractivity contribution < 1.29 is 9.59 Å². The number of H-pyrrole nitrogens is 1. The fourth-order valence-electron chi connectivity index (χ4n) is 2.48. The van der Waals surface area contributed by atoms with Gasteiger partial charge < -0.3 is 10.6 Å². The van der Waals surface area contributed by atoms with Crippen LogP contribution < -0.4 is 21.9 Å². The Morgan fingerprint density at radius 1 is 1.07 bits per heavy atom. The van der Waals surface area contributed by atoms with E-state index in [4.69, 9.17) is 0 Å². The average Bonchev–Trinajstić information content (AvgIpc) is 2.67. The van der Waals surface area contributed by atoms with E-state index in [1.807, 2.05) is 0 Å². The predicted molar refractivity (Wildman–Crippen MR) is 104 cm³/mol. The maximum absolute atomic E-state index is 12.2. The SMILES string of the molecule is CCCCCCNC(=O)n1cc(NCC(=O)c2ccccc2)c(=O)[nH]c1=O. The van der Waals surface area contributed by atoms with Gasteiger partial charge in [-0.3, -0.25) is 14.6 Å². The van der Waals surface area contributed by atoms with E-state index in [2.05, 4.69) is 22.5 Å². The van der Waals surface area contributed by atoms with Crippen molar-refractivity contribution in [2.75, 3.05) is 18.4 Å². The number of hydrogen-bond acceptors (Lipinski definition) is 5. The molecule has 3 N–H and O–H groups in total. The molecule has 1 aromatic carbocycles. The van der Waals surface area contributed by atoms with Crippen LogP contribution >= 0.6 is 0 Å². The normalized spacial score (nSPS) is 10.4. The highest BCUT2D eigenvalue weighted by molar-refractivity contribution is 5.98. The second-order valence-electron chi connectivity index (χ2n) is 6.11. The van der Waals surface area contributed by atoms with Gasteiger partial charge in [0.1, 0.15) is 5.69 Å². The minimum atomic E-state index is -0.828. The Balaban J connectivity index is 2.02. The lowest BCUT2D eigenvalue weighted by Crippen LogP contribution is -2.40. The number of nitrogens with one attached hydrogen (secondary N) is 3. The van der Waals surface area contributed by atoms with Crippen LogP contribution in [0.25, 0.3) is 0 Å². The molecule has 0 atom stereocenters. The number of anilines is 1. The molecular formula is C19H24N4O4. The van der Waals surface area contributed by atoms with Gasteiger partial charge in [-0.2, -0.15) is 0 Å². The molecule has 0 saturated carbocycles. The standard InChI is InChI=1S/C19H24N4O4/c1-2-3-4-8-11-20-18(26)23-13-15(17(25)22-19(23)27)21-12-16(24)14-9-6-5-7-10-14/h5-7,9-10,13,21H,2-4,8,11-12H2,1H3,(H,20,26)(H,22,25,27).